The molecular weight excluding hydrogens is 216 g/mol. The van der Waals surface area contributed by atoms with Crippen LogP contribution in [0.15, 0.2) is 16.8 Å². The highest BCUT2D eigenvalue weighted by molar-refractivity contribution is 5.95. The summed E-state index contributed by atoms with van der Waals surface area (Å²) < 4.78 is 4.76. The van der Waals surface area contributed by atoms with Crippen LogP contribution in [-0.2, 0) is 0 Å². The van der Waals surface area contributed by atoms with Crippen LogP contribution < -0.4 is 10.6 Å². The van der Waals surface area contributed by atoms with Crippen molar-refractivity contribution < 1.29 is 4.63 Å². The molecule has 92 valence electrons. The molecule has 0 saturated heterocycles. The third-order valence-corrected chi connectivity index (χ3v) is 2.93. The fourth-order valence-electron chi connectivity index (χ4n) is 1.90. The highest BCUT2D eigenvalue weighted by Crippen LogP contribution is 2.27. The summed E-state index contributed by atoms with van der Waals surface area (Å²) in [6, 6.07) is 3.81. The van der Waals surface area contributed by atoms with Crippen molar-refractivity contribution in [2.75, 3.05) is 24.2 Å². The molecule has 0 bridgehead atoms. The van der Waals surface area contributed by atoms with Crippen LogP contribution in [0.2, 0.25) is 0 Å². The number of aromatic nitrogens is 2. The average Bonchev–Trinajstić information content (AvgIpc) is 2.79. The monoisotopic (exact) mass is 234 g/mol. The highest BCUT2D eigenvalue weighted by Gasteiger charge is 2.12. The molecule has 0 aliphatic rings. The molecule has 1 heterocycles. The second-order valence-electron chi connectivity index (χ2n) is 4.26. The third-order valence-electron chi connectivity index (χ3n) is 2.93. The van der Waals surface area contributed by atoms with E-state index in [0.29, 0.717) is 11.2 Å². The first-order valence-corrected chi connectivity index (χ1v) is 5.96. The number of nitrogen functional groups attached to an aromatic ring is 1. The van der Waals surface area contributed by atoms with Gasteiger partial charge in [-0.1, -0.05) is 19.8 Å². The lowest BCUT2D eigenvalue weighted by atomic mass is 10.2. The van der Waals surface area contributed by atoms with Crippen LogP contribution in [0.25, 0.3) is 11.0 Å². The SMILES string of the molecule is CCCCCN(C)c1ccc(N)c2nonc12. The van der Waals surface area contributed by atoms with Gasteiger partial charge in [0.2, 0.25) is 0 Å². The minimum atomic E-state index is 0.604. The second kappa shape index (κ2) is 5.03. The van der Waals surface area contributed by atoms with Gasteiger partial charge in [0.1, 0.15) is 0 Å². The summed E-state index contributed by atoms with van der Waals surface area (Å²) in [6.07, 6.45) is 3.63. The van der Waals surface area contributed by atoms with E-state index in [4.69, 9.17) is 10.4 Å². The summed E-state index contributed by atoms with van der Waals surface area (Å²) in [5.41, 5.74) is 8.82. The quantitative estimate of drug-likeness (QED) is 0.635. The lowest BCUT2D eigenvalue weighted by molar-refractivity contribution is 0.315. The molecular formula is C12H18N4O. The molecule has 2 rings (SSSR count). The topological polar surface area (TPSA) is 68.2 Å². The molecule has 0 atom stereocenters. The van der Waals surface area contributed by atoms with Crippen molar-refractivity contribution >= 4 is 22.4 Å². The van der Waals surface area contributed by atoms with Crippen molar-refractivity contribution in [1.29, 1.82) is 0 Å². The first-order valence-electron chi connectivity index (χ1n) is 5.96. The number of nitrogens with two attached hydrogens (primary N) is 1. The van der Waals surface area contributed by atoms with Gasteiger partial charge in [-0.05, 0) is 28.9 Å². The lowest BCUT2D eigenvalue weighted by Gasteiger charge is -2.19. The Morgan fingerprint density at radius 2 is 2.00 bits per heavy atom. The predicted molar refractivity (Wildman–Crippen MR) is 69.0 cm³/mol. The van der Waals surface area contributed by atoms with E-state index in [2.05, 4.69) is 29.2 Å². The Morgan fingerprint density at radius 3 is 2.76 bits per heavy atom. The molecule has 0 unspecified atom stereocenters. The molecule has 17 heavy (non-hydrogen) atoms. The number of nitrogens with zero attached hydrogens (tertiary/aromatic N) is 3. The molecule has 2 aromatic rings. The molecule has 0 aliphatic heterocycles. The van der Waals surface area contributed by atoms with Gasteiger partial charge < -0.3 is 10.6 Å². The minimum Gasteiger partial charge on any atom is -0.397 e. The molecule has 0 aliphatic carbocycles. The Bertz CT molecular complexity index is 494. The van der Waals surface area contributed by atoms with E-state index in [1.165, 1.54) is 19.3 Å². The van der Waals surface area contributed by atoms with Gasteiger partial charge in [0.15, 0.2) is 11.0 Å². The van der Waals surface area contributed by atoms with Crippen LogP contribution >= 0.6 is 0 Å². The van der Waals surface area contributed by atoms with E-state index in [0.717, 1.165) is 17.7 Å². The average molecular weight is 234 g/mol. The van der Waals surface area contributed by atoms with Gasteiger partial charge in [-0.25, -0.2) is 4.63 Å². The number of hydrogen-bond donors (Lipinski definition) is 1. The molecule has 1 aromatic carbocycles. The van der Waals surface area contributed by atoms with Gasteiger partial charge >= 0.3 is 0 Å². The second-order valence-corrected chi connectivity index (χ2v) is 4.26. The molecule has 2 N–H and O–H groups in total. The number of unbranched alkanes of at least 4 members (excludes halogenated alkanes) is 2. The number of benzene rings is 1. The minimum absolute atomic E-state index is 0.604. The van der Waals surface area contributed by atoms with Crippen molar-refractivity contribution in [3.05, 3.63) is 12.1 Å². The van der Waals surface area contributed by atoms with Crippen molar-refractivity contribution in [3.63, 3.8) is 0 Å². The Kier molecular flexibility index (Phi) is 3.46. The lowest BCUT2D eigenvalue weighted by Crippen LogP contribution is -2.18. The predicted octanol–water partition coefficient (Wildman–Crippen LogP) is 2.43. The standard InChI is InChI=1S/C12H18N4O/c1-3-4-5-8-16(2)10-7-6-9(13)11-12(10)15-17-14-11/h6-7H,3-5,8,13H2,1-2H3. The summed E-state index contributed by atoms with van der Waals surface area (Å²) >= 11 is 0. The Hall–Kier alpha value is -1.78. The first kappa shape index (κ1) is 11.7. The Balaban J connectivity index is 2.23. The molecule has 5 heteroatoms. The van der Waals surface area contributed by atoms with Gasteiger partial charge in [0.05, 0.1) is 11.4 Å². The van der Waals surface area contributed by atoms with Gasteiger partial charge in [-0.3, -0.25) is 0 Å². The molecule has 0 spiro atoms. The Labute approximate surface area is 101 Å². The van der Waals surface area contributed by atoms with Crippen molar-refractivity contribution in [2.45, 2.75) is 26.2 Å². The third kappa shape index (κ3) is 2.33. The molecule has 0 radical (unpaired) electrons. The number of fused-ring (bicyclic) bond motifs is 1. The fraction of sp³-hybridized carbons (Fsp3) is 0.500. The van der Waals surface area contributed by atoms with Crippen LogP contribution in [0.5, 0.6) is 0 Å². The van der Waals surface area contributed by atoms with Crippen LogP contribution in [-0.4, -0.2) is 23.9 Å². The van der Waals surface area contributed by atoms with Crippen molar-refractivity contribution in [2.24, 2.45) is 0 Å². The van der Waals surface area contributed by atoms with Crippen LogP contribution in [0.4, 0.5) is 11.4 Å². The zero-order valence-corrected chi connectivity index (χ0v) is 10.3. The molecule has 0 amide bonds. The van der Waals surface area contributed by atoms with Gasteiger partial charge in [-0.2, -0.15) is 0 Å². The van der Waals surface area contributed by atoms with Gasteiger partial charge in [-0.15, -0.1) is 0 Å². The smallest absolute Gasteiger partial charge is 0.160 e. The van der Waals surface area contributed by atoms with Crippen LogP contribution in [0, 0.1) is 0 Å². The summed E-state index contributed by atoms with van der Waals surface area (Å²) in [5, 5.41) is 7.74. The number of hydrogen-bond acceptors (Lipinski definition) is 5. The van der Waals surface area contributed by atoms with Crippen molar-refractivity contribution in [1.82, 2.24) is 10.3 Å². The zero-order chi connectivity index (χ0) is 12.3. The number of rotatable bonds is 5. The van der Waals surface area contributed by atoms with Gasteiger partial charge in [0, 0.05) is 13.6 Å². The van der Waals surface area contributed by atoms with Crippen LogP contribution in [0.1, 0.15) is 26.2 Å². The molecule has 0 saturated carbocycles. The summed E-state index contributed by atoms with van der Waals surface area (Å²) in [7, 11) is 2.05. The Morgan fingerprint density at radius 1 is 1.24 bits per heavy atom. The maximum absolute atomic E-state index is 5.81. The first-order chi connectivity index (χ1) is 8.24. The van der Waals surface area contributed by atoms with E-state index >= 15 is 0 Å². The van der Waals surface area contributed by atoms with E-state index in [-0.39, 0.29) is 0 Å². The zero-order valence-electron chi connectivity index (χ0n) is 10.3. The fourth-order valence-corrected chi connectivity index (χ4v) is 1.90. The highest BCUT2D eigenvalue weighted by atomic mass is 16.6. The normalized spacial score (nSPS) is 10.9. The maximum Gasteiger partial charge on any atom is 0.160 e. The summed E-state index contributed by atoms with van der Waals surface area (Å²) in [5.74, 6) is 0. The van der Waals surface area contributed by atoms with Crippen molar-refractivity contribution in [3.8, 4) is 0 Å². The van der Waals surface area contributed by atoms with E-state index in [1.807, 2.05) is 12.1 Å². The summed E-state index contributed by atoms with van der Waals surface area (Å²) in [4.78, 5) is 2.17. The number of anilines is 2. The van der Waals surface area contributed by atoms with Crippen LogP contribution in [0.3, 0.4) is 0 Å². The molecule has 0 fully saturated rings. The molecule has 1 aromatic heterocycles. The molecule has 5 nitrogen and oxygen atoms in total. The van der Waals surface area contributed by atoms with E-state index < -0.39 is 0 Å². The van der Waals surface area contributed by atoms with E-state index in [9.17, 15) is 0 Å². The van der Waals surface area contributed by atoms with Gasteiger partial charge in [0.25, 0.3) is 0 Å². The van der Waals surface area contributed by atoms with E-state index in [1.54, 1.807) is 0 Å². The summed E-state index contributed by atoms with van der Waals surface area (Å²) in [6.45, 7) is 3.20. The largest absolute Gasteiger partial charge is 0.397 e. The maximum atomic E-state index is 5.81.